The molecular weight excluding hydrogens is 887 g/mol. The van der Waals surface area contributed by atoms with Crippen molar-refractivity contribution in [3.8, 4) is 0 Å². The first-order chi connectivity index (χ1) is 33.7. The minimum atomic E-state index is -0.921. The summed E-state index contributed by atoms with van der Waals surface area (Å²) in [4.78, 5) is 33.6. The largest absolute Gasteiger partial charge is 0.392 e. The minimum Gasteiger partial charge on any atom is -0.392 e. The molecule has 11 rings (SSSR count). The van der Waals surface area contributed by atoms with Gasteiger partial charge in [-0.1, -0.05) is 79.0 Å². The molecule has 0 bridgehead atoms. The molecule has 6 fully saturated rings. The number of aliphatic hydroxyl groups excluding tert-OH is 2. The predicted octanol–water partition coefficient (Wildman–Crippen LogP) is 10.3. The predicted molar refractivity (Wildman–Crippen MR) is 278 cm³/mol. The molecule has 10 heteroatoms. The van der Waals surface area contributed by atoms with E-state index in [2.05, 4.69) is 80.8 Å². The number of fused-ring (bicyclic) bond motifs is 4. The molecule has 10 nitrogen and oxygen atoms in total. The third-order valence-electron chi connectivity index (χ3n) is 22.2. The number of H-pyrrole nitrogens is 1. The Morgan fingerprint density at radius 2 is 1.66 bits per heavy atom. The highest BCUT2D eigenvalue weighted by molar-refractivity contribution is 6.02. The first kappa shape index (κ1) is 50.1. The number of Topliss-reactive ketones (excluding diaryl/α,β-unsaturated/α-hetero) is 2. The number of benzene rings is 1. The van der Waals surface area contributed by atoms with Crippen molar-refractivity contribution >= 4 is 22.6 Å². The fourth-order valence-corrected chi connectivity index (χ4v) is 18.2. The Balaban J connectivity index is 1.08. The van der Waals surface area contributed by atoms with Crippen LogP contribution in [0.15, 0.2) is 35.5 Å². The number of hydrogen-bond acceptors (Lipinski definition) is 8. The van der Waals surface area contributed by atoms with Gasteiger partial charge in [-0.15, -0.1) is 0 Å². The van der Waals surface area contributed by atoms with Gasteiger partial charge in [-0.3, -0.25) is 9.59 Å². The second-order valence-corrected chi connectivity index (χ2v) is 26.5. The molecule has 3 aliphatic heterocycles. The van der Waals surface area contributed by atoms with Crippen molar-refractivity contribution in [1.29, 1.82) is 0 Å². The number of epoxide rings is 1. The van der Waals surface area contributed by atoms with E-state index < -0.39 is 45.1 Å². The lowest BCUT2D eigenvalue weighted by Crippen LogP contribution is -2.68. The van der Waals surface area contributed by atoms with E-state index >= 15 is 4.79 Å². The summed E-state index contributed by atoms with van der Waals surface area (Å²) in [6.07, 6.45) is 15.2. The monoisotopic (exact) mass is 974 g/mol. The summed E-state index contributed by atoms with van der Waals surface area (Å²) >= 11 is 0. The van der Waals surface area contributed by atoms with Crippen molar-refractivity contribution < 1.29 is 34.4 Å². The molecule has 5 heterocycles. The molecule has 71 heavy (non-hydrogen) atoms. The summed E-state index contributed by atoms with van der Waals surface area (Å²) in [6.45, 7) is 20.5. The van der Waals surface area contributed by atoms with Crippen LogP contribution in [0, 0.1) is 44.8 Å². The number of allylic oxidation sites excluding steroid dienone is 1. The molecule has 2 aromatic heterocycles. The molecule has 0 amide bonds. The van der Waals surface area contributed by atoms with Gasteiger partial charge < -0.3 is 39.7 Å². The van der Waals surface area contributed by atoms with Crippen LogP contribution in [-0.2, 0) is 50.5 Å². The van der Waals surface area contributed by atoms with E-state index in [1.165, 1.54) is 65.6 Å². The van der Waals surface area contributed by atoms with E-state index in [0.717, 1.165) is 67.3 Å². The molecule has 0 unspecified atom stereocenters. The number of carbonyl (C=O) groups is 2. The maximum atomic E-state index is 15.6. The van der Waals surface area contributed by atoms with Crippen LogP contribution in [0.25, 0.3) is 11.0 Å². The van der Waals surface area contributed by atoms with Gasteiger partial charge >= 0.3 is 0 Å². The number of rotatable bonds is 11. The molecule has 2 saturated heterocycles. The SMILES string of the molecule is CCc1c(Cc2cc(C3CCCCC3)cc(C3(O)CCOCC3)c2)c2[nH]cc3c2n1C[C@H]1C2=C(C(=O)C[C@]2(C)[C@@]2(C)CC[C@@H]4[C@@](C)(CCC(=O)[C@@]4(C)CCNC)[C@H]2[C@@H]1O)[C@](C)(C[C@@H](O)[C@H]1OC1(C)C)CC3. The van der Waals surface area contributed by atoms with Crippen molar-refractivity contribution in [2.45, 2.75) is 213 Å². The third-order valence-corrected chi connectivity index (χ3v) is 22.2. The zero-order chi connectivity index (χ0) is 50.3. The maximum Gasteiger partial charge on any atom is 0.160 e. The highest BCUT2D eigenvalue weighted by Gasteiger charge is 2.73. The highest BCUT2D eigenvalue weighted by atomic mass is 16.6. The number of carbonyl (C=O) groups excluding carboxylic acids is 2. The van der Waals surface area contributed by atoms with Crippen molar-refractivity contribution in [3.63, 3.8) is 0 Å². The van der Waals surface area contributed by atoms with E-state index in [1.54, 1.807) is 0 Å². The van der Waals surface area contributed by atoms with Crippen LogP contribution in [0.5, 0.6) is 0 Å². The lowest BCUT2D eigenvalue weighted by molar-refractivity contribution is -0.222. The van der Waals surface area contributed by atoms with E-state index in [4.69, 9.17) is 9.47 Å². The third kappa shape index (κ3) is 7.57. The number of aromatic nitrogens is 2. The average molecular weight is 974 g/mol. The van der Waals surface area contributed by atoms with Gasteiger partial charge in [0.1, 0.15) is 11.9 Å². The van der Waals surface area contributed by atoms with Gasteiger partial charge in [0, 0.05) is 91.6 Å². The number of ketones is 2. The van der Waals surface area contributed by atoms with Gasteiger partial charge in [0.2, 0.25) is 0 Å². The quantitative estimate of drug-likeness (QED) is 0.119. The number of ether oxygens (including phenoxy) is 2. The van der Waals surface area contributed by atoms with Gasteiger partial charge in [0.15, 0.2) is 5.78 Å². The Bertz CT molecular complexity index is 2630. The number of aryl methyl sites for hydroxylation is 1. The Hall–Kier alpha value is -3.12. The van der Waals surface area contributed by atoms with Gasteiger partial charge in [-0.05, 0) is 153 Å². The van der Waals surface area contributed by atoms with E-state index in [1.807, 2.05) is 20.9 Å². The molecule has 4 saturated carbocycles. The molecule has 5 N–H and O–H groups in total. The molecule has 11 atom stereocenters. The Labute approximate surface area is 423 Å². The van der Waals surface area contributed by atoms with Crippen molar-refractivity contribution in [2.75, 3.05) is 26.8 Å². The van der Waals surface area contributed by atoms with Crippen LogP contribution in [-0.4, -0.2) is 87.2 Å². The lowest BCUT2D eigenvalue weighted by atomic mass is 9.34. The zero-order valence-corrected chi connectivity index (χ0v) is 44.8. The second-order valence-electron chi connectivity index (χ2n) is 26.5. The normalized spacial score (nSPS) is 38.2. The topological polar surface area (TPSA) is 149 Å². The van der Waals surface area contributed by atoms with Crippen molar-refractivity contribution in [1.82, 2.24) is 14.9 Å². The van der Waals surface area contributed by atoms with Crippen LogP contribution in [0.2, 0.25) is 0 Å². The van der Waals surface area contributed by atoms with Gasteiger partial charge in [-0.25, -0.2) is 0 Å². The lowest BCUT2D eigenvalue weighted by Gasteiger charge is -2.70. The van der Waals surface area contributed by atoms with E-state index in [9.17, 15) is 20.1 Å². The van der Waals surface area contributed by atoms with Gasteiger partial charge in [0.25, 0.3) is 0 Å². The Kier molecular flexibility index (Phi) is 12.3. The number of nitrogens with one attached hydrogen (secondary N) is 2. The first-order valence-corrected chi connectivity index (χ1v) is 28.3. The highest BCUT2D eigenvalue weighted by Crippen LogP contribution is 2.76. The fraction of sp³-hybridized carbons (Fsp3) is 0.738. The molecule has 0 radical (unpaired) electrons. The standard InChI is InChI=1S/C61H87N3O7/c1-10-43-41(30-36-28-39(37-14-12-11-13-15-37)31-40(29-36)61(69)23-26-70-27-24-61)50-51-38(34-63-50)16-19-56(4,32-45(66)54-55(2,3)71-54)49-44(65)33-60(8)48(49)42(35-64(43)51)52(68)53-58(6)20-18-47(67)57(5,22-25-62-9)46(58)17-21-59(53,60)7/h28-29,31,34,37,42,45-46,52-54,62-63,66,68-69H,10-27,30,32-33,35H2,1-9H3/t42-,45+,46-,52+,53+,54+,56-,57-,58+,59-,60-/m0/s1. The number of aromatic amines is 1. The van der Waals surface area contributed by atoms with Crippen LogP contribution in [0.4, 0.5) is 0 Å². The molecule has 8 aliphatic rings. The molecular formula is C61H87N3O7. The number of hydrogen-bond donors (Lipinski definition) is 5. The molecule has 1 aromatic carbocycles. The first-order valence-electron chi connectivity index (χ1n) is 28.3. The molecule has 388 valence electrons. The van der Waals surface area contributed by atoms with E-state index in [0.29, 0.717) is 76.4 Å². The number of aliphatic hydroxyl groups is 3. The maximum absolute atomic E-state index is 15.6. The van der Waals surface area contributed by atoms with E-state index in [-0.39, 0.29) is 35.1 Å². The molecule has 3 aromatic rings. The van der Waals surface area contributed by atoms with Crippen LogP contribution in [0.3, 0.4) is 0 Å². The minimum absolute atomic E-state index is 0.116. The Morgan fingerprint density at radius 3 is 2.35 bits per heavy atom. The zero-order valence-electron chi connectivity index (χ0n) is 44.8. The van der Waals surface area contributed by atoms with Crippen LogP contribution >= 0.6 is 0 Å². The summed E-state index contributed by atoms with van der Waals surface area (Å²) < 4.78 is 14.4. The molecule has 0 spiro atoms. The Morgan fingerprint density at radius 1 is 0.930 bits per heavy atom. The van der Waals surface area contributed by atoms with Gasteiger partial charge in [0.05, 0.1) is 34.4 Å². The van der Waals surface area contributed by atoms with Crippen molar-refractivity contribution in [2.24, 2.45) is 44.8 Å². The number of nitrogens with zero attached hydrogens (tertiary/aromatic N) is 1. The summed E-state index contributed by atoms with van der Waals surface area (Å²) in [5.41, 5.74) is 7.93. The average Bonchev–Trinajstić information content (AvgIpc) is 3.55. The summed E-state index contributed by atoms with van der Waals surface area (Å²) in [5.74, 6) is 0.643. The van der Waals surface area contributed by atoms with Crippen molar-refractivity contribution in [3.05, 3.63) is 69.1 Å². The summed E-state index contributed by atoms with van der Waals surface area (Å²) in [6, 6.07) is 7.06. The summed E-state index contributed by atoms with van der Waals surface area (Å²) in [7, 11) is 1.97. The van der Waals surface area contributed by atoms with Gasteiger partial charge in [-0.2, -0.15) is 0 Å². The smallest absolute Gasteiger partial charge is 0.160 e. The fourth-order valence-electron chi connectivity index (χ4n) is 18.2. The second kappa shape index (κ2) is 17.5. The summed E-state index contributed by atoms with van der Waals surface area (Å²) in [5, 5.41) is 41.7. The van der Waals surface area contributed by atoms with Crippen LogP contribution in [0.1, 0.15) is 191 Å². The van der Waals surface area contributed by atoms with Crippen LogP contribution < -0.4 is 5.32 Å². The molecule has 5 aliphatic carbocycles.